The molecule has 0 aliphatic heterocycles. The highest BCUT2D eigenvalue weighted by Gasteiger charge is 2.22. The van der Waals surface area contributed by atoms with Crippen LogP contribution in [0.1, 0.15) is 164 Å². The normalized spacial score (nSPS) is 11.7. The predicted molar refractivity (Wildman–Crippen MR) is 242 cm³/mol. The Bertz CT molecular complexity index is 1570. The number of halogens is 1. The smallest absolute Gasteiger partial charge is 0.310 e. The Kier molecular flexibility index (Phi) is 26.5. The number of carbonyl (C=O) groups is 2. The summed E-state index contributed by atoms with van der Waals surface area (Å²) in [5.41, 5.74) is 2.70. The van der Waals surface area contributed by atoms with Crippen molar-refractivity contribution < 1.29 is 33.6 Å². The highest BCUT2D eigenvalue weighted by molar-refractivity contribution is 6.30. The minimum absolute atomic E-state index is 0.0226. The zero-order chi connectivity index (χ0) is 42.5. The molecule has 0 saturated carbocycles. The number of hydrogen-bond donors (Lipinski definition) is 1. The number of aromatic nitrogens is 1. The van der Waals surface area contributed by atoms with E-state index in [-0.39, 0.29) is 31.2 Å². The summed E-state index contributed by atoms with van der Waals surface area (Å²) in [6, 6.07) is 12.4. The fraction of sp³-hybridized carbons (Fsp3) is 0.673. The molecule has 0 spiro atoms. The number of aliphatic hydroxyl groups is 1. The maximum atomic E-state index is 13.6. The summed E-state index contributed by atoms with van der Waals surface area (Å²) < 4.78 is 24.8. The molecule has 59 heavy (non-hydrogen) atoms. The Morgan fingerprint density at radius 3 is 1.85 bits per heavy atom. The molecule has 0 radical (unpaired) electrons. The number of unbranched alkanes of at least 4 members (excludes halogenated alkanes) is 14. The molecule has 0 amide bonds. The third kappa shape index (κ3) is 19.5. The molecule has 0 bridgehead atoms. The number of fused-ring (bicyclic) bond motifs is 1. The van der Waals surface area contributed by atoms with Gasteiger partial charge in [0, 0.05) is 41.5 Å². The van der Waals surface area contributed by atoms with Gasteiger partial charge in [-0.2, -0.15) is 0 Å². The van der Waals surface area contributed by atoms with Crippen LogP contribution in [0.2, 0.25) is 5.02 Å². The van der Waals surface area contributed by atoms with Crippen molar-refractivity contribution in [3.63, 3.8) is 0 Å². The second kappa shape index (κ2) is 31.0. The molecular weight excluding hydrogens is 764 g/mol. The van der Waals surface area contributed by atoms with Crippen LogP contribution in [0, 0.1) is 6.92 Å². The van der Waals surface area contributed by atoms with E-state index in [1.807, 2.05) is 25.1 Å². The molecule has 10 heteroatoms. The van der Waals surface area contributed by atoms with Crippen molar-refractivity contribution in [2.75, 3.05) is 53.2 Å². The molecule has 0 fully saturated rings. The van der Waals surface area contributed by atoms with Gasteiger partial charge in [0.1, 0.15) is 5.75 Å². The van der Waals surface area contributed by atoms with Gasteiger partial charge < -0.3 is 29.0 Å². The van der Waals surface area contributed by atoms with E-state index in [0.29, 0.717) is 28.6 Å². The van der Waals surface area contributed by atoms with Gasteiger partial charge in [-0.05, 0) is 132 Å². The number of ether oxygens (including phenoxy) is 4. The third-order valence-electron chi connectivity index (χ3n) is 11.2. The monoisotopic (exact) mass is 841 g/mol. The molecule has 0 aliphatic rings. The van der Waals surface area contributed by atoms with Crippen LogP contribution in [0.3, 0.4) is 0 Å². The van der Waals surface area contributed by atoms with E-state index in [1.54, 1.807) is 35.9 Å². The summed E-state index contributed by atoms with van der Waals surface area (Å²) in [5.74, 6) is 0.171. The lowest BCUT2D eigenvalue weighted by molar-refractivity contribution is -0.147. The summed E-state index contributed by atoms with van der Waals surface area (Å²) >= 11 is 6.07. The van der Waals surface area contributed by atoms with Gasteiger partial charge >= 0.3 is 5.97 Å². The molecular formula is C49H77ClN2O7. The third-order valence-corrected chi connectivity index (χ3v) is 11.4. The Balaban J connectivity index is 1.30. The lowest BCUT2D eigenvalue weighted by atomic mass is 10.1. The number of hydrogen-bond acceptors (Lipinski definition) is 8. The van der Waals surface area contributed by atoms with E-state index in [0.717, 1.165) is 120 Å². The van der Waals surface area contributed by atoms with Crippen molar-refractivity contribution in [3.05, 3.63) is 64.3 Å². The first-order valence-electron chi connectivity index (χ1n) is 23.0. The van der Waals surface area contributed by atoms with Gasteiger partial charge in [0.15, 0.2) is 6.29 Å². The van der Waals surface area contributed by atoms with Gasteiger partial charge in [-0.1, -0.05) is 96.1 Å². The van der Waals surface area contributed by atoms with Crippen molar-refractivity contribution in [1.82, 2.24) is 9.47 Å². The Hall–Kier alpha value is -2.95. The second-order valence-corrected chi connectivity index (χ2v) is 16.5. The van der Waals surface area contributed by atoms with Crippen LogP contribution in [-0.2, 0) is 25.4 Å². The topological polar surface area (TPSA) is 99.5 Å². The maximum absolute atomic E-state index is 13.6. The lowest BCUT2D eigenvalue weighted by Crippen LogP contribution is -2.27. The van der Waals surface area contributed by atoms with E-state index in [1.165, 1.54) is 57.8 Å². The molecule has 3 rings (SSSR count). The van der Waals surface area contributed by atoms with Crippen LogP contribution in [-0.4, -0.2) is 85.9 Å². The van der Waals surface area contributed by atoms with Crippen molar-refractivity contribution in [2.45, 2.75) is 162 Å². The van der Waals surface area contributed by atoms with Crippen molar-refractivity contribution in [2.24, 2.45) is 0 Å². The lowest BCUT2D eigenvalue weighted by Gasteiger charge is -2.22. The fourth-order valence-corrected chi connectivity index (χ4v) is 7.69. The molecule has 1 aromatic heterocycles. The van der Waals surface area contributed by atoms with Crippen LogP contribution in [0.25, 0.3) is 10.9 Å². The SMILES string of the molecule is CCCCOC(CCCCCCCCCCCN(CCCCO)CCCCCCOC(=O)Cc1c(C)n(C(=O)c2ccc(Cl)cc2)c2ccc(OC)cc12)OCCCC. The molecule has 1 heterocycles. The quantitative estimate of drug-likeness (QED) is 0.0355. The van der Waals surface area contributed by atoms with Gasteiger partial charge in [0.2, 0.25) is 0 Å². The highest BCUT2D eigenvalue weighted by Crippen LogP contribution is 2.31. The van der Waals surface area contributed by atoms with Gasteiger partial charge in [-0.3, -0.25) is 14.2 Å². The van der Waals surface area contributed by atoms with Crippen LogP contribution >= 0.6 is 11.6 Å². The van der Waals surface area contributed by atoms with E-state index in [9.17, 15) is 14.7 Å². The number of carbonyl (C=O) groups excluding carboxylic acids is 2. The van der Waals surface area contributed by atoms with Crippen LogP contribution in [0.5, 0.6) is 5.75 Å². The van der Waals surface area contributed by atoms with E-state index in [2.05, 4.69) is 18.7 Å². The summed E-state index contributed by atoms with van der Waals surface area (Å²) in [4.78, 5) is 29.3. The van der Waals surface area contributed by atoms with Crippen LogP contribution in [0.4, 0.5) is 0 Å². The fourth-order valence-electron chi connectivity index (χ4n) is 7.57. The zero-order valence-electron chi connectivity index (χ0n) is 37.1. The Labute approximate surface area is 361 Å². The standard InChI is InChI=1S/C49H77ClN2O7/c1-5-7-35-58-48(59-36-8-6-2)24-18-14-12-10-9-11-13-15-19-31-51(33-21-22-34-53)32-20-16-17-23-37-57-47(54)39-44-40(3)52(46-30-29-43(56-4)38-45(44)46)49(55)41-25-27-42(50)28-26-41/h25-30,38,48,53H,5-24,31-37,39H2,1-4H3. The zero-order valence-corrected chi connectivity index (χ0v) is 37.8. The number of rotatable bonds is 35. The first-order valence-corrected chi connectivity index (χ1v) is 23.4. The molecule has 332 valence electrons. The summed E-state index contributed by atoms with van der Waals surface area (Å²) in [5, 5.41) is 10.7. The minimum atomic E-state index is -0.301. The van der Waals surface area contributed by atoms with Gasteiger partial charge in [-0.25, -0.2) is 0 Å². The molecule has 0 atom stereocenters. The van der Waals surface area contributed by atoms with Crippen LogP contribution in [0.15, 0.2) is 42.5 Å². The van der Waals surface area contributed by atoms with Crippen molar-refractivity contribution in [3.8, 4) is 5.75 Å². The predicted octanol–water partition coefficient (Wildman–Crippen LogP) is 11.9. The van der Waals surface area contributed by atoms with Crippen LogP contribution < -0.4 is 4.74 Å². The molecule has 1 N–H and O–H groups in total. The Morgan fingerprint density at radius 2 is 1.27 bits per heavy atom. The van der Waals surface area contributed by atoms with Crippen molar-refractivity contribution >= 4 is 34.4 Å². The summed E-state index contributed by atoms with van der Waals surface area (Å²) in [6.45, 7) is 11.7. The minimum Gasteiger partial charge on any atom is -0.497 e. The summed E-state index contributed by atoms with van der Waals surface area (Å²) in [6.07, 6.45) is 23.0. The van der Waals surface area contributed by atoms with Gasteiger partial charge in [0.25, 0.3) is 5.91 Å². The number of methoxy groups -OCH3 is 1. The van der Waals surface area contributed by atoms with Gasteiger partial charge in [-0.15, -0.1) is 0 Å². The molecule has 0 unspecified atom stereocenters. The molecule has 9 nitrogen and oxygen atoms in total. The average molecular weight is 842 g/mol. The van der Waals surface area contributed by atoms with Gasteiger partial charge in [0.05, 0.1) is 25.7 Å². The second-order valence-electron chi connectivity index (χ2n) is 16.0. The molecule has 0 saturated heterocycles. The highest BCUT2D eigenvalue weighted by atomic mass is 35.5. The number of benzene rings is 2. The largest absolute Gasteiger partial charge is 0.497 e. The molecule has 0 aliphatic carbocycles. The average Bonchev–Trinajstić information content (AvgIpc) is 3.51. The Morgan fingerprint density at radius 1 is 0.712 bits per heavy atom. The van der Waals surface area contributed by atoms with E-state index >= 15 is 0 Å². The first kappa shape index (κ1) is 50.4. The number of nitrogens with zero attached hydrogens (tertiary/aromatic N) is 2. The van der Waals surface area contributed by atoms with E-state index in [4.69, 9.17) is 30.5 Å². The summed E-state index contributed by atoms with van der Waals surface area (Å²) in [7, 11) is 1.60. The van der Waals surface area contributed by atoms with E-state index < -0.39 is 0 Å². The maximum Gasteiger partial charge on any atom is 0.310 e. The number of aliphatic hydroxyl groups excluding tert-OH is 1. The molecule has 3 aromatic rings. The number of esters is 1. The molecule has 2 aromatic carbocycles. The van der Waals surface area contributed by atoms with Crippen molar-refractivity contribution in [1.29, 1.82) is 0 Å². The first-order chi connectivity index (χ1) is 28.8.